The van der Waals surface area contributed by atoms with Crippen molar-refractivity contribution in [3.8, 4) is 0 Å². The largest absolute Gasteiger partial charge is 0.360 e. The van der Waals surface area contributed by atoms with Crippen LogP contribution in [0.15, 0.2) is 60.7 Å². The molecule has 2 rings (SSSR count). The van der Waals surface area contributed by atoms with E-state index in [2.05, 4.69) is 24.3 Å². The summed E-state index contributed by atoms with van der Waals surface area (Å²) in [4.78, 5) is 11.8. The highest BCUT2D eigenvalue weighted by molar-refractivity contribution is 5.68. The van der Waals surface area contributed by atoms with Gasteiger partial charge in [0.15, 0.2) is 7.14 Å². The summed E-state index contributed by atoms with van der Waals surface area (Å²) in [5, 5.41) is 0. The number of carbonyl (C=O) groups is 1. The summed E-state index contributed by atoms with van der Waals surface area (Å²) in [6.45, 7) is 1.99. The molecule has 1 radical (unpaired) electrons. The van der Waals surface area contributed by atoms with Crippen molar-refractivity contribution in [3.63, 3.8) is 0 Å². The van der Waals surface area contributed by atoms with Crippen molar-refractivity contribution in [2.75, 3.05) is 0 Å². The van der Waals surface area contributed by atoms with Gasteiger partial charge in [0, 0.05) is 0 Å². The van der Waals surface area contributed by atoms with Crippen molar-refractivity contribution in [1.82, 2.24) is 0 Å². The maximum atomic E-state index is 11.8. The van der Waals surface area contributed by atoms with Crippen LogP contribution in [0.25, 0.3) is 0 Å². The Bertz CT molecular complexity index is 471. The summed E-state index contributed by atoms with van der Waals surface area (Å²) >= 11 is -2.09. The maximum absolute atomic E-state index is 11.8. The topological polar surface area (TPSA) is 26.3 Å². The van der Waals surface area contributed by atoms with E-state index in [0.29, 0.717) is 6.42 Å². The molecular weight excluding hydrogens is 351 g/mol. The highest BCUT2D eigenvalue weighted by Gasteiger charge is 2.33. The van der Waals surface area contributed by atoms with E-state index in [1.165, 1.54) is 0 Å². The van der Waals surface area contributed by atoms with Crippen LogP contribution in [0.2, 0.25) is 0 Å². The van der Waals surface area contributed by atoms with Gasteiger partial charge in [0.05, 0.1) is 6.42 Å². The average molecular weight is 368 g/mol. The van der Waals surface area contributed by atoms with Crippen LogP contribution in [0.4, 0.5) is 0 Å². The normalized spacial score (nSPS) is 10.4. The van der Waals surface area contributed by atoms with Gasteiger partial charge in [0.25, 0.3) is 0 Å². The molecule has 3 heteroatoms. The smallest absolute Gasteiger partial charge is 0.247 e. The van der Waals surface area contributed by atoms with Crippen LogP contribution in [0.3, 0.4) is 0 Å². The first-order chi connectivity index (χ1) is 9.31. The lowest BCUT2D eigenvalue weighted by molar-refractivity contribution is -1.04. The fraction of sp³-hybridized carbons (Fsp3) is 0.188. The standard InChI is InChI=1S/C16H17IO2/c1-2-9-16(18)19-17(14-10-5-3-6-11-14)15-12-7-4-8-13-15/h3-8,10-13H,2,9H2,1H3/q+1. The van der Waals surface area contributed by atoms with Gasteiger partial charge in [-0.2, -0.15) is 0 Å². The molecule has 99 valence electrons. The second-order valence-electron chi connectivity index (χ2n) is 4.04. The van der Waals surface area contributed by atoms with Gasteiger partial charge in [-0.3, -0.25) is 0 Å². The molecule has 0 unspecified atom stereocenters. The zero-order chi connectivity index (χ0) is 13.5. The Balaban J connectivity index is 2.26. The minimum atomic E-state index is -2.09. The van der Waals surface area contributed by atoms with E-state index in [1.54, 1.807) is 0 Å². The Hall–Kier alpha value is -1.36. The van der Waals surface area contributed by atoms with E-state index in [4.69, 9.17) is 3.07 Å². The second-order valence-corrected chi connectivity index (χ2v) is 8.39. The third kappa shape index (κ3) is 4.06. The predicted octanol–water partition coefficient (Wildman–Crippen LogP) is 0.609. The van der Waals surface area contributed by atoms with Gasteiger partial charge < -0.3 is 0 Å². The lowest BCUT2D eigenvalue weighted by atomic mass is 10.4. The minimum absolute atomic E-state index is 0.0830. The van der Waals surface area contributed by atoms with Crippen molar-refractivity contribution in [1.29, 1.82) is 0 Å². The number of carbonyl (C=O) groups excluding carboxylic acids is 1. The highest BCUT2D eigenvalue weighted by Crippen LogP contribution is 1.90. The number of rotatable bonds is 5. The molecule has 0 aliphatic carbocycles. The SMILES string of the molecule is CCCC(=O)O[I+](c1ccccc1)c1ccccc1. The summed E-state index contributed by atoms with van der Waals surface area (Å²) in [5.41, 5.74) is 0. The monoisotopic (exact) mass is 368 g/mol. The van der Waals surface area contributed by atoms with E-state index in [1.807, 2.05) is 43.3 Å². The number of hydrogen-bond donors (Lipinski definition) is 0. The quantitative estimate of drug-likeness (QED) is 0.723. The third-order valence-electron chi connectivity index (χ3n) is 2.48. The van der Waals surface area contributed by atoms with Gasteiger partial charge in [0.1, 0.15) is 0 Å². The van der Waals surface area contributed by atoms with E-state index in [0.717, 1.165) is 13.6 Å². The lowest BCUT2D eigenvalue weighted by Crippen LogP contribution is -3.85. The molecule has 0 heterocycles. The van der Waals surface area contributed by atoms with Crippen LogP contribution in [-0.2, 0) is 7.86 Å². The number of halogens is 1. The second kappa shape index (κ2) is 7.28. The van der Waals surface area contributed by atoms with Gasteiger partial charge in [-0.05, 0) is 30.7 Å². The van der Waals surface area contributed by atoms with Crippen molar-refractivity contribution in [3.05, 3.63) is 67.8 Å². The Morgan fingerprint density at radius 2 is 1.42 bits per heavy atom. The summed E-state index contributed by atoms with van der Waals surface area (Å²) in [5.74, 6) is -0.0830. The Kier molecular flexibility index (Phi) is 5.39. The first kappa shape index (κ1) is 14.1. The van der Waals surface area contributed by atoms with Crippen LogP contribution < -0.4 is 20.2 Å². The van der Waals surface area contributed by atoms with Crippen molar-refractivity contribution < 1.29 is 28.1 Å². The molecule has 2 nitrogen and oxygen atoms in total. The third-order valence-corrected chi connectivity index (χ3v) is 7.11. The van der Waals surface area contributed by atoms with Crippen molar-refractivity contribution in [2.24, 2.45) is 0 Å². The lowest BCUT2D eigenvalue weighted by Gasteiger charge is -2.04. The predicted molar refractivity (Wildman–Crippen MR) is 71.3 cm³/mol. The van der Waals surface area contributed by atoms with Crippen molar-refractivity contribution >= 4 is 5.97 Å². The molecule has 0 saturated carbocycles. The van der Waals surface area contributed by atoms with Gasteiger partial charge in [0.2, 0.25) is 0 Å². The fourth-order valence-electron chi connectivity index (χ4n) is 1.60. The Morgan fingerprint density at radius 1 is 0.947 bits per heavy atom. The summed E-state index contributed by atoms with van der Waals surface area (Å²) < 4.78 is 8.09. The molecule has 19 heavy (non-hydrogen) atoms. The molecule has 2 aromatic carbocycles. The number of benzene rings is 2. The molecule has 0 N–H and O–H groups in total. The van der Waals surface area contributed by atoms with E-state index >= 15 is 0 Å². The molecule has 0 atom stereocenters. The first-order valence-corrected chi connectivity index (χ1v) is 9.36. The fourth-order valence-corrected chi connectivity index (χ4v) is 5.68. The highest BCUT2D eigenvalue weighted by atomic mass is 127. The molecule has 0 amide bonds. The molecule has 2 aromatic rings. The van der Waals surface area contributed by atoms with E-state index in [-0.39, 0.29) is 5.97 Å². The molecule has 0 bridgehead atoms. The van der Waals surface area contributed by atoms with Crippen molar-refractivity contribution in [2.45, 2.75) is 19.8 Å². The molecule has 0 fully saturated rings. The van der Waals surface area contributed by atoms with Crippen LogP contribution in [-0.4, -0.2) is 5.97 Å². The summed E-state index contributed by atoms with van der Waals surface area (Å²) in [7, 11) is 0. The molecule has 0 aromatic heterocycles. The van der Waals surface area contributed by atoms with E-state index < -0.39 is 20.2 Å². The number of hydrogen-bond acceptors (Lipinski definition) is 2. The van der Waals surface area contributed by atoms with Crippen LogP contribution in [0.1, 0.15) is 19.8 Å². The van der Waals surface area contributed by atoms with Gasteiger partial charge in [-0.25, -0.2) is 7.86 Å². The molecule has 0 aliphatic rings. The Morgan fingerprint density at radius 3 is 1.84 bits per heavy atom. The zero-order valence-electron chi connectivity index (χ0n) is 10.9. The first-order valence-electron chi connectivity index (χ1n) is 6.32. The average Bonchev–Trinajstić information content (AvgIpc) is 2.47. The molecule has 0 spiro atoms. The molecule has 0 aliphatic heterocycles. The van der Waals surface area contributed by atoms with Crippen LogP contribution in [0.5, 0.6) is 0 Å². The minimum Gasteiger partial charge on any atom is -0.247 e. The molecule has 0 saturated heterocycles. The van der Waals surface area contributed by atoms with Gasteiger partial charge >= 0.3 is 26.2 Å². The maximum Gasteiger partial charge on any atom is 0.360 e. The van der Waals surface area contributed by atoms with Crippen LogP contribution in [0, 0.1) is 7.14 Å². The Labute approximate surface area is 121 Å². The van der Waals surface area contributed by atoms with Gasteiger partial charge in [-0.1, -0.05) is 43.3 Å². The zero-order valence-corrected chi connectivity index (χ0v) is 13.0. The summed E-state index contributed by atoms with van der Waals surface area (Å²) in [6, 6.07) is 20.2. The van der Waals surface area contributed by atoms with E-state index in [9.17, 15) is 4.79 Å². The molecular formula is C16H17IO2+. The van der Waals surface area contributed by atoms with Crippen LogP contribution >= 0.6 is 0 Å². The summed E-state index contributed by atoms with van der Waals surface area (Å²) in [6.07, 6.45) is 1.32. The van der Waals surface area contributed by atoms with Gasteiger partial charge in [-0.15, -0.1) is 0 Å².